The van der Waals surface area contributed by atoms with Gasteiger partial charge in [0, 0.05) is 23.2 Å². The van der Waals surface area contributed by atoms with Crippen molar-refractivity contribution in [2.24, 2.45) is 0 Å². The summed E-state index contributed by atoms with van der Waals surface area (Å²) < 4.78 is 0. The number of carbonyl (C=O) groups is 2. The summed E-state index contributed by atoms with van der Waals surface area (Å²) in [4.78, 5) is 30.8. The lowest BCUT2D eigenvalue weighted by Crippen LogP contribution is -2.02. The number of aldehydes is 1. The molecule has 18 heavy (non-hydrogen) atoms. The molecule has 0 atom stereocenters. The molecular weight excluding hydrogens is 228 g/mol. The normalized spacial score (nSPS) is 10.7. The van der Waals surface area contributed by atoms with E-state index in [0.29, 0.717) is 17.4 Å². The predicted molar refractivity (Wildman–Crippen MR) is 67.4 cm³/mol. The number of pyridine rings is 2. The molecule has 1 aromatic carbocycles. The highest BCUT2D eigenvalue weighted by atomic mass is 16.2. The van der Waals surface area contributed by atoms with E-state index in [4.69, 9.17) is 0 Å². The minimum absolute atomic E-state index is 0.311. The van der Waals surface area contributed by atoms with Crippen LogP contribution in [0.4, 0.5) is 0 Å². The lowest BCUT2D eigenvalue weighted by molar-refractivity contribution is -0.104. The van der Waals surface area contributed by atoms with Gasteiger partial charge < -0.3 is 0 Å². The van der Waals surface area contributed by atoms with Crippen molar-refractivity contribution >= 4 is 33.9 Å². The van der Waals surface area contributed by atoms with E-state index in [-0.39, 0.29) is 0 Å². The fourth-order valence-electron chi connectivity index (χ4n) is 2.05. The lowest BCUT2D eigenvalue weighted by atomic mass is 10.0. The Morgan fingerprint density at radius 2 is 1.78 bits per heavy atom. The standard InChI is InChI=1S/C14H8N2O2/c17-8-12(18)11-7-9-3-1-5-15-13(9)10-4-2-6-16-14(10)11/h1-8H. The van der Waals surface area contributed by atoms with E-state index in [1.807, 2.05) is 12.1 Å². The molecule has 3 rings (SSSR count). The molecule has 0 bridgehead atoms. The van der Waals surface area contributed by atoms with Crippen molar-refractivity contribution in [1.29, 1.82) is 0 Å². The number of benzene rings is 1. The summed E-state index contributed by atoms with van der Waals surface area (Å²) in [5, 5.41) is 1.60. The summed E-state index contributed by atoms with van der Waals surface area (Å²) in [6.07, 6.45) is 3.60. The van der Waals surface area contributed by atoms with Crippen LogP contribution in [0.1, 0.15) is 10.4 Å². The Balaban J connectivity index is 2.54. The van der Waals surface area contributed by atoms with Crippen molar-refractivity contribution in [2.75, 3.05) is 0 Å². The first-order valence-corrected chi connectivity index (χ1v) is 5.43. The summed E-state index contributed by atoms with van der Waals surface area (Å²) in [5.41, 5.74) is 1.62. The first kappa shape index (κ1) is 10.5. The number of aromatic nitrogens is 2. The van der Waals surface area contributed by atoms with Crippen LogP contribution in [-0.4, -0.2) is 22.0 Å². The van der Waals surface area contributed by atoms with E-state index in [1.165, 1.54) is 0 Å². The summed E-state index contributed by atoms with van der Waals surface area (Å²) in [6, 6.07) is 8.94. The molecule has 4 heteroatoms. The molecule has 0 saturated heterocycles. The SMILES string of the molecule is O=CC(=O)c1cc2cccnc2c2cccnc12. The summed E-state index contributed by atoms with van der Waals surface area (Å²) in [5.74, 6) is -0.565. The van der Waals surface area contributed by atoms with Gasteiger partial charge in [-0.25, -0.2) is 0 Å². The molecule has 0 aliphatic carbocycles. The van der Waals surface area contributed by atoms with Crippen molar-refractivity contribution in [3.63, 3.8) is 0 Å². The van der Waals surface area contributed by atoms with E-state index < -0.39 is 5.78 Å². The minimum Gasteiger partial charge on any atom is -0.294 e. The number of Topliss-reactive ketones (excluding diaryl/α,β-unsaturated/α-hetero) is 1. The van der Waals surface area contributed by atoms with Crippen LogP contribution in [0.15, 0.2) is 42.7 Å². The fraction of sp³-hybridized carbons (Fsp3) is 0. The highest BCUT2D eigenvalue weighted by Crippen LogP contribution is 2.25. The van der Waals surface area contributed by atoms with E-state index in [2.05, 4.69) is 9.97 Å². The van der Waals surface area contributed by atoms with E-state index in [1.54, 1.807) is 30.6 Å². The Labute approximate surface area is 102 Å². The third-order valence-corrected chi connectivity index (χ3v) is 2.83. The number of hydrogen-bond acceptors (Lipinski definition) is 4. The molecule has 0 fully saturated rings. The molecule has 0 aliphatic rings. The summed E-state index contributed by atoms with van der Waals surface area (Å²) in [7, 11) is 0. The Bertz CT molecular complexity index is 781. The van der Waals surface area contributed by atoms with Crippen LogP contribution in [0.3, 0.4) is 0 Å². The topological polar surface area (TPSA) is 59.9 Å². The molecule has 2 heterocycles. The van der Waals surface area contributed by atoms with Crippen LogP contribution in [0, 0.1) is 0 Å². The quantitative estimate of drug-likeness (QED) is 0.296. The van der Waals surface area contributed by atoms with Crippen LogP contribution in [0.5, 0.6) is 0 Å². The van der Waals surface area contributed by atoms with Crippen LogP contribution < -0.4 is 0 Å². The van der Waals surface area contributed by atoms with Crippen molar-refractivity contribution < 1.29 is 9.59 Å². The van der Waals surface area contributed by atoms with E-state index >= 15 is 0 Å². The second kappa shape index (κ2) is 4.00. The maximum Gasteiger partial charge on any atom is 0.227 e. The average molecular weight is 236 g/mol. The molecule has 2 aromatic heterocycles. The van der Waals surface area contributed by atoms with Crippen molar-refractivity contribution in [3.8, 4) is 0 Å². The zero-order valence-electron chi connectivity index (χ0n) is 9.33. The fourth-order valence-corrected chi connectivity index (χ4v) is 2.05. The Kier molecular flexibility index (Phi) is 2.34. The maximum absolute atomic E-state index is 11.6. The molecule has 0 radical (unpaired) electrons. The molecule has 0 amide bonds. The Morgan fingerprint density at radius 3 is 2.56 bits per heavy atom. The number of nitrogens with zero attached hydrogens (tertiary/aromatic N) is 2. The van der Waals surface area contributed by atoms with E-state index in [0.717, 1.165) is 16.3 Å². The molecular formula is C14H8N2O2. The zero-order valence-corrected chi connectivity index (χ0v) is 9.33. The summed E-state index contributed by atoms with van der Waals surface area (Å²) in [6.45, 7) is 0. The highest BCUT2D eigenvalue weighted by Gasteiger charge is 2.13. The molecule has 3 aromatic rings. The number of fused-ring (bicyclic) bond motifs is 3. The molecule has 0 aliphatic heterocycles. The Morgan fingerprint density at radius 1 is 1.06 bits per heavy atom. The van der Waals surface area contributed by atoms with Gasteiger partial charge in [0.2, 0.25) is 5.78 Å². The van der Waals surface area contributed by atoms with Gasteiger partial charge in [0.25, 0.3) is 0 Å². The van der Waals surface area contributed by atoms with Gasteiger partial charge in [-0.05, 0) is 24.3 Å². The lowest BCUT2D eigenvalue weighted by Gasteiger charge is -2.05. The molecule has 0 saturated carbocycles. The van der Waals surface area contributed by atoms with Gasteiger partial charge in [-0.1, -0.05) is 6.07 Å². The molecule has 0 spiro atoms. The number of ketones is 1. The number of rotatable bonds is 2. The van der Waals surface area contributed by atoms with Crippen molar-refractivity contribution in [3.05, 3.63) is 48.3 Å². The van der Waals surface area contributed by atoms with Crippen molar-refractivity contribution in [1.82, 2.24) is 9.97 Å². The predicted octanol–water partition coefficient (Wildman–Crippen LogP) is 2.16. The first-order valence-electron chi connectivity index (χ1n) is 5.43. The minimum atomic E-state index is -0.565. The Hall–Kier alpha value is -2.62. The molecule has 4 nitrogen and oxygen atoms in total. The molecule has 86 valence electrons. The van der Waals surface area contributed by atoms with Crippen LogP contribution >= 0.6 is 0 Å². The second-order valence-electron chi connectivity index (χ2n) is 3.88. The third-order valence-electron chi connectivity index (χ3n) is 2.83. The smallest absolute Gasteiger partial charge is 0.227 e. The monoisotopic (exact) mass is 236 g/mol. The van der Waals surface area contributed by atoms with Crippen LogP contribution in [0.25, 0.3) is 21.8 Å². The zero-order chi connectivity index (χ0) is 12.5. The first-order chi connectivity index (χ1) is 8.81. The number of hydrogen-bond donors (Lipinski definition) is 0. The largest absolute Gasteiger partial charge is 0.294 e. The summed E-state index contributed by atoms with van der Waals surface area (Å²) >= 11 is 0. The maximum atomic E-state index is 11.6. The van der Waals surface area contributed by atoms with Gasteiger partial charge in [0.1, 0.15) is 0 Å². The van der Waals surface area contributed by atoms with Gasteiger partial charge in [-0.3, -0.25) is 19.6 Å². The van der Waals surface area contributed by atoms with Gasteiger partial charge in [0.15, 0.2) is 6.29 Å². The third kappa shape index (κ3) is 1.47. The van der Waals surface area contributed by atoms with Crippen molar-refractivity contribution in [2.45, 2.75) is 0 Å². The van der Waals surface area contributed by atoms with E-state index in [9.17, 15) is 9.59 Å². The highest BCUT2D eigenvalue weighted by molar-refractivity contribution is 6.37. The van der Waals surface area contributed by atoms with Gasteiger partial charge in [0.05, 0.1) is 16.6 Å². The van der Waals surface area contributed by atoms with Gasteiger partial charge in [-0.15, -0.1) is 0 Å². The molecule has 0 unspecified atom stereocenters. The van der Waals surface area contributed by atoms with Crippen LogP contribution in [0.2, 0.25) is 0 Å². The number of carbonyl (C=O) groups excluding carboxylic acids is 2. The van der Waals surface area contributed by atoms with Gasteiger partial charge in [-0.2, -0.15) is 0 Å². The van der Waals surface area contributed by atoms with Crippen LogP contribution in [-0.2, 0) is 4.79 Å². The average Bonchev–Trinajstić information content (AvgIpc) is 2.45. The molecule has 0 N–H and O–H groups in total. The van der Waals surface area contributed by atoms with Gasteiger partial charge >= 0.3 is 0 Å². The second-order valence-corrected chi connectivity index (χ2v) is 3.88.